The van der Waals surface area contributed by atoms with Crippen molar-refractivity contribution in [1.29, 1.82) is 0 Å². The van der Waals surface area contributed by atoms with E-state index in [1.165, 1.54) is 64.2 Å². The van der Waals surface area contributed by atoms with Crippen LogP contribution in [0.2, 0.25) is 0 Å². The van der Waals surface area contributed by atoms with E-state index in [2.05, 4.69) is 62.0 Å². The van der Waals surface area contributed by atoms with Crippen molar-refractivity contribution in [3.63, 3.8) is 0 Å². The summed E-state index contributed by atoms with van der Waals surface area (Å²) in [5.74, 6) is -0.274. The Bertz CT molecular complexity index is 939. The Balaban J connectivity index is 1.60. The second-order valence-corrected chi connectivity index (χ2v) is 12.4. The predicted octanol–water partition coefficient (Wildman–Crippen LogP) is 8.80. The van der Waals surface area contributed by atoms with Crippen LogP contribution in [0.15, 0.2) is 48.5 Å². The molecule has 0 aliphatic rings. The molecule has 0 amide bonds. The third kappa shape index (κ3) is 17.6. The van der Waals surface area contributed by atoms with Gasteiger partial charge < -0.3 is 19.3 Å². The molecule has 0 heterocycles. The van der Waals surface area contributed by atoms with Crippen LogP contribution in [-0.4, -0.2) is 62.0 Å². The third-order valence-corrected chi connectivity index (χ3v) is 8.17. The van der Waals surface area contributed by atoms with Crippen molar-refractivity contribution in [2.75, 3.05) is 40.3 Å². The number of hydrogen-bond acceptors (Lipinski definition) is 6. The van der Waals surface area contributed by atoms with Crippen LogP contribution in [0.3, 0.4) is 0 Å². The van der Waals surface area contributed by atoms with Crippen molar-refractivity contribution < 1.29 is 19.1 Å². The molecule has 0 spiro atoms. The maximum absolute atomic E-state index is 12.2. The Labute approximate surface area is 268 Å². The number of ether oxygens (including phenoxy) is 2. The number of carbonyl (C=O) groups is 2. The summed E-state index contributed by atoms with van der Waals surface area (Å²) in [6.07, 6.45) is 15.4. The first kappa shape index (κ1) is 37.5. The molecule has 2 rings (SSSR count). The molecule has 44 heavy (non-hydrogen) atoms. The first-order valence-electron chi connectivity index (χ1n) is 17.3. The normalized spacial score (nSPS) is 11.3. The fourth-order valence-corrected chi connectivity index (χ4v) is 5.24. The van der Waals surface area contributed by atoms with Gasteiger partial charge in [-0.1, -0.05) is 114 Å². The number of nitrogens with zero attached hydrogens (tertiary/aromatic N) is 2. The van der Waals surface area contributed by atoms with Crippen LogP contribution in [0.25, 0.3) is 11.1 Å². The molecule has 6 nitrogen and oxygen atoms in total. The molecule has 0 aliphatic heterocycles. The number of unbranched alkanes of at least 4 members (excludes halogenated alkanes) is 8. The SMILES string of the molecule is CCCCCCCN(C)CCCC(=O)OCc1ccc(-c2ccc(COC(=O)CCCN(C)CCCCCCC)cc2)cc1. The van der Waals surface area contributed by atoms with Gasteiger partial charge in [0.15, 0.2) is 0 Å². The molecule has 0 atom stereocenters. The summed E-state index contributed by atoms with van der Waals surface area (Å²) in [6, 6.07) is 16.2. The highest BCUT2D eigenvalue weighted by molar-refractivity contribution is 5.70. The van der Waals surface area contributed by atoms with E-state index in [-0.39, 0.29) is 11.9 Å². The molecule has 0 radical (unpaired) electrons. The molecule has 246 valence electrons. The third-order valence-electron chi connectivity index (χ3n) is 8.17. The van der Waals surface area contributed by atoms with Gasteiger partial charge in [0.2, 0.25) is 0 Å². The van der Waals surface area contributed by atoms with Crippen molar-refractivity contribution >= 4 is 11.9 Å². The summed E-state index contributed by atoms with van der Waals surface area (Å²) < 4.78 is 11.0. The van der Waals surface area contributed by atoms with Gasteiger partial charge in [-0.2, -0.15) is 0 Å². The van der Waals surface area contributed by atoms with E-state index in [4.69, 9.17) is 9.47 Å². The molecule has 0 N–H and O–H groups in total. The van der Waals surface area contributed by atoms with E-state index in [0.29, 0.717) is 26.1 Å². The second-order valence-electron chi connectivity index (χ2n) is 12.4. The maximum atomic E-state index is 12.2. The summed E-state index contributed by atoms with van der Waals surface area (Å²) in [7, 11) is 4.27. The summed E-state index contributed by atoms with van der Waals surface area (Å²) in [6.45, 7) is 9.12. The lowest BCUT2D eigenvalue weighted by Crippen LogP contribution is -2.21. The van der Waals surface area contributed by atoms with E-state index in [1.807, 2.05) is 24.3 Å². The molecule has 0 saturated carbocycles. The molecule has 0 aliphatic carbocycles. The van der Waals surface area contributed by atoms with Gasteiger partial charge in [0.25, 0.3) is 0 Å². The molecule has 0 aromatic heterocycles. The van der Waals surface area contributed by atoms with Gasteiger partial charge in [-0.3, -0.25) is 9.59 Å². The molecular formula is C38H60N2O4. The zero-order valence-electron chi connectivity index (χ0n) is 28.3. The lowest BCUT2D eigenvalue weighted by atomic mass is 10.0. The topological polar surface area (TPSA) is 59.1 Å². The van der Waals surface area contributed by atoms with Crippen molar-refractivity contribution in [1.82, 2.24) is 9.80 Å². The Morgan fingerprint density at radius 1 is 0.500 bits per heavy atom. The van der Waals surface area contributed by atoms with Crippen LogP contribution in [0.5, 0.6) is 0 Å². The Hall–Kier alpha value is -2.70. The summed E-state index contributed by atoms with van der Waals surface area (Å²) in [4.78, 5) is 29.1. The van der Waals surface area contributed by atoms with Crippen LogP contribution in [0, 0.1) is 0 Å². The largest absolute Gasteiger partial charge is 0.461 e. The predicted molar refractivity (Wildman–Crippen MR) is 182 cm³/mol. The number of esters is 2. The molecule has 0 fully saturated rings. The summed E-state index contributed by atoms with van der Waals surface area (Å²) in [5, 5.41) is 0. The second kappa shape index (κ2) is 23.7. The Morgan fingerprint density at radius 3 is 1.20 bits per heavy atom. The van der Waals surface area contributed by atoms with E-state index in [0.717, 1.165) is 61.3 Å². The van der Waals surface area contributed by atoms with Crippen LogP contribution in [0.1, 0.15) is 115 Å². The fraction of sp³-hybridized carbons (Fsp3) is 0.632. The minimum absolute atomic E-state index is 0.137. The maximum Gasteiger partial charge on any atom is 0.306 e. The zero-order valence-corrected chi connectivity index (χ0v) is 28.3. The van der Waals surface area contributed by atoms with Crippen LogP contribution in [-0.2, 0) is 32.3 Å². The monoisotopic (exact) mass is 608 g/mol. The van der Waals surface area contributed by atoms with Gasteiger partial charge >= 0.3 is 11.9 Å². The number of benzene rings is 2. The van der Waals surface area contributed by atoms with E-state index in [1.54, 1.807) is 0 Å². The van der Waals surface area contributed by atoms with Crippen molar-refractivity contribution in [2.24, 2.45) is 0 Å². The van der Waals surface area contributed by atoms with Crippen molar-refractivity contribution in [3.05, 3.63) is 59.7 Å². The average molecular weight is 609 g/mol. The lowest BCUT2D eigenvalue weighted by Gasteiger charge is -2.16. The van der Waals surface area contributed by atoms with Crippen LogP contribution < -0.4 is 0 Å². The Morgan fingerprint density at radius 2 is 0.841 bits per heavy atom. The van der Waals surface area contributed by atoms with E-state index in [9.17, 15) is 9.59 Å². The summed E-state index contributed by atoms with van der Waals surface area (Å²) >= 11 is 0. The molecule has 2 aromatic rings. The van der Waals surface area contributed by atoms with Crippen molar-refractivity contribution in [2.45, 2.75) is 117 Å². The number of rotatable bonds is 25. The van der Waals surface area contributed by atoms with Gasteiger partial charge in [-0.25, -0.2) is 0 Å². The highest BCUT2D eigenvalue weighted by atomic mass is 16.5. The lowest BCUT2D eigenvalue weighted by molar-refractivity contribution is -0.146. The van der Waals surface area contributed by atoms with Gasteiger partial charge in [0, 0.05) is 12.8 Å². The van der Waals surface area contributed by atoms with Gasteiger partial charge in [0.05, 0.1) is 0 Å². The molecule has 6 heteroatoms. The van der Waals surface area contributed by atoms with Crippen LogP contribution >= 0.6 is 0 Å². The Kier molecular flexibility index (Phi) is 20.2. The van der Waals surface area contributed by atoms with Gasteiger partial charge in [-0.15, -0.1) is 0 Å². The quantitative estimate of drug-likeness (QED) is 0.0829. The highest BCUT2D eigenvalue weighted by Crippen LogP contribution is 2.21. The smallest absolute Gasteiger partial charge is 0.306 e. The van der Waals surface area contributed by atoms with E-state index >= 15 is 0 Å². The van der Waals surface area contributed by atoms with E-state index < -0.39 is 0 Å². The average Bonchev–Trinajstić information content (AvgIpc) is 3.03. The zero-order chi connectivity index (χ0) is 31.8. The molecule has 2 aromatic carbocycles. The molecule has 0 unspecified atom stereocenters. The van der Waals surface area contributed by atoms with Gasteiger partial charge in [0.1, 0.15) is 13.2 Å². The minimum atomic E-state index is -0.137. The first-order chi connectivity index (χ1) is 21.4. The number of hydrogen-bond donors (Lipinski definition) is 0. The van der Waals surface area contributed by atoms with Gasteiger partial charge in [-0.05, 0) is 88.2 Å². The highest BCUT2D eigenvalue weighted by Gasteiger charge is 2.08. The standard InChI is InChI=1S/C38H60N2O4/c1-5-7-9-11-13-27-39(3)29-15-17-37(41)43-31-33-19-23-35(24-20-33)36-25-21-34(22-26-36)32-44-38(42)18-16-30-40(4)28-14-12-10-8-6-2/h19-26H,5-18,27-32H2,1-4H3. The molecule has 0 saturated heterocycles. The fourth-order valence-electron chi connectivity index (χ4n) is 5.24. The number of carbonyl (C=O) groups excluding carboxylic acids is 2. The summed E-state index contributed by atoms with van der Waals surface area (Å²) in [5.41, 5.74) is 4.15. The first-order valence-corrected chi connectivity index (χ1v) is 17.3. The minimum Gasteiger partial charge on any atom is -0.461 e. The van der Waals surface area contributed by atoms with Crippen LogP contribution in [0.4, 0.5) is 0 Å². The molecular weight excluding hydrogens is 548 g/mol. The molecule has 0 bridgehead atoms. The van der Waals surface area contributed by atoms with Crippen molar-refractivity contribution in [3.8, 4) is 11.1 Å².